The minimum Gasteiger partial charge on any atom is -0.492 e. The van der Waals surface area contributed by atoms with E-state index in [1.807, 2.05) is 24.3 Å². The summed E-state index contributed by atoms with van der Waals surface area (Å²) in [6.45, 7) is 2.65. The number of hydrogen-bond donors (Lipinski definition) is 0. The minimum atomic E-state index is 0.702. The van der Waals surface area contributed by atoms with Gasteiger partial charge in [-0.15, -0.1) is 11.6 Å². The first kappa shape index (κ1) is 15.1. The summed E-state index contributed by atoms with van der Waals surface area (Å²) in [4.78, 5) is 2.48. The molecule has 1 aliphatic carbocycles. The van der Waals surface area contributed by atoms with Crippen molar-refractivity contribution in [2.45, 2.75) is 31.7 Å². The predicted octanol–water partition coefficient (Wildman–Crippen LogP) is 4.31. The fraction of sp³-hybridized carbons (Fsp3) is 0.600. The zero-order chi connectivity index (χ0) is 13.5. The van der Waals surface area contributed by atoms with Gasteiger partial charge in [0.2, 0.25) is 0 Å². The van der Waals surface area contributed by atoms with E-state index in [0.717, 1.165) is 29.9 Å². The van der Waals surface area contributed by atoms with Crippen molar-refractivity contribution in [3.63, 3.8) is 0 Å². The van der Waals surface area contributed by atoms with Crippen LogP contribution in [0.3, 0.4) is 0 Å². The lowest BCUT2D eigenvalue weighted by molar-refractivity contribution is 0.168. The van der Waals surface area contributed by atoms with Crippen LogP contribution >= 0.6 is 27.5 Å². The Morgan fingerprint density at radius 2 is 2.05 bits per heavy atom. The molecule has 0 saturated heterocycles. The molecular weight excluding hydrogens is 326 g/mol. The fourth-order valence-electron chi connectivity index (χ4n) is 2.69. The van der Waals surface area contributed by atoms with E-state index in [-0.39, 0.29) is 0 Å². The molecule has 1 aliphatic rings. The molecular formula is C15H21BrClNO. The summed E-state index contributed by atoms with van der Waals surface area (Å²) in [5.74, 6) is 1.62. The van der Waals surface area contributed by atoms with E-state index in [4.69, 9.17) is 16.3 Å². The Hall–Kier alpha value is -0.250. The van der Waals surface area contributed by atoms with Crippen molar-refractivity contribution in [2.75, 3.05) is 25.6 Å². The van der Waals surface area contributed by atoms with E-state index in [0.29, 0.717) is 11.9 Å². The highest BCUT2D eigenvalue weighted by atomic mass is 79.9. The summed E-state index contributed by atoms with van der Waals surface area (Å²) in [5.41, 5.74) is 0. The summed E-state index contributed by atoms with van der Waals surface area (Å²) in [5, 5.41) is 0. The maximum Gasteiger partial charge on any atom is 0.120 e. The fourth-order valence-corrected chi connectivity index (χ4v) is 3.29. The van der Waals surface area contributed by atoms with Crippen LogP contribution in [0.4, 0.5) is 0 Å². The minimum absolute atomic E-state index is 0.702. The van der Waals surface area contributed by atoms with Gasteiger partial charge in [-0.3, -0.25) is 4.90 Å². The second-order valence-electron chi connectivity index (χ2n) is 4.97. The molecule has 0 unspecified atom stereocenters. The summed E-state index contributed by atoms with van der Waals surface area (Å²) < 4.78 is 6.86. The predicted molar refractivity (Wildman–Crippen MR) is 84.2 cm³/mol. The first-order valence-electron chi connectivity index (χ1n) is 6.98. The number of rotatable bonds is 7. The Morgan fingerprint density at radius 1 is 1.26 bits per heavy atom. The Morgan fingerprint density at radius 3 is 2.74 bits per heavy atom. The van der Waals surface area contributed by atoms with Gasteiger partial charge in [-0.1, -0.05) is 34.8 Å². The SMILES string of the molecule is ClCCN(CCOc1cccc(Br)c1)C1CCCC1. The van der Waals surface area contributed by atoms with Crippen LogP contribution in [0, 0.1) is 0 Å². The standard InChI is InChI=1S/C15H21BrClNO/c16-13-4-3-7-15(12-13)19-11-10-18(9-8-17)14-5-1-2-6-14/h3-4,7,12,14H,1-2,5-6,8-11H2. The molecule has 0 bridgehead atoms. The molecule has 0 amide bonds. The Labute approximate surface area is 129 Å². The van der Waals surface area contributed by atoms with Crippen molar-refractivity contribution in [2.24, 2.45) is 0 Å². The van der Waals surface area contributed by atoms with Gasteiger partial charge in [0.25, 0.3) is 0 Å². The molecule has 2 nitrogen and oxygen atoms in total. The van der Waals surface area contributed by atoms with Crippen molar-refractivity contribution in [3.8, 4) is 5.75 Å². The average Bonchev–Trinajstić information content (AvgIpc) is 2.91. The zero-order valence-corrected chi connectivity index (χ0v) is 13.5. The quantitative estimate of drug-likeness (QED) is 0.682. The van der Waals surface area contributed by atoms with Crippen molar-refractivity contribution in [3.05, 3.63) is 28.7 Å². The molecule has 1 fully saturated rings. The number of nitrogens with zero attached hydrogens (tertiary/aromatic N) is 1. The van der Waals surface area contributed by atoms with E-state index < -0.39 is 0 Å². The summed E-state index contributed by atoms with van der Waals surface area (Å²) in [7, 11) is 0. The van der Waals surface area contributed by atoms with Crippen molar-refractivity contribution >= 4 is 27.5 Å². The number of benzene rings is 1. The van der Waals surface area contributed by atoms with E-state index in [2.05, 4.69) is 20.8 Å². The molecule has 0 atom stereocenters. The van der Waals surface area contributed by atoms with Crippen molar-refractivity contribution in [1.29, 1.82) is 0 Å². The van der Waals surface area contributed by atoms with Crippen LogP contribution in [-0.2, 0) is 0 Å². The molecule has 19 heavy (non-hydrogen) atoms. The highest BCUT2D eigenvalue weighted by Crippen LogP contribution is 2.23. The maximum atomic E-state index is 5.90. The number of alkyl halides is 1. The highest BCUT2D eigenvalue weighted by Gasteiger charge is 2.21. The molecule has 0 aliphatic heterocycles. The molecule has 4 heteroatoms. The Bertz CT molecular complexity index is 382. The molecule has 0 aromatic heterocycles. The third-order valence-electron chi connectivity index (χ3n) is 3.66. The van der Waals surface area contributed by atoms with Gasteiger partial charge in [-0.2, -0.15) is 0 Å². The number of hydrogen-bond acceptors (Lipinski definition) is 2. The molecule has 2 rings (SSSR count). The molecule has 106 valence electrons. The largest absolute Gasteiger partial charge is 0.492 e. The van der Waals surface area contributed by atoms with Crippen LogP contribution in [0.15, 0.2) is 28.7 Å². The molecule has 0 N–H and O–H groups in total. The maximum absolute atomic E-state index is 5.90. The topological polar surface area (TPSA) is 12.5 Å². The van der Waals surface area contributed by atoms with Crippen LogP contribution in [0.1, 0.15) is 25.7 Å². The third-order valence-corrected chi connectivity index (χ3v) is 4.32. The van der Waals surface area contributed by atoms with Gasteiger partial charge in [0, 0.05) is 29.5 Å². The van der Waals surface area contributed by atoms with E-state index >= 15 is 0 Å². The average molecular weight is 347 g/mol. The normalized spacial score (nSPS) is 16.2. The van der Waals surface area contributed by atoms with Gasteiger partial charge in [0.15, 0.2) is 0 Å². The lowest BCUT2D eigenvalue weighted by Crippen LogP contribution is -2.37. The van der Waals surface area contributed by atoms with Crippen LogP contribution in [-0.4, -0.2) is 36.5 Å². The zero-order valence-electron chi connectivity index (χ0n) is 11.2. The molecule has 0 heterocycles. The van der Waals surface area contributed by atoms with Crippen LogP contribution < -0.4 is 4.74 Å². The Kier molecular flexibility index (Phi) is 6.48. The third kappa shape index (κ3) is 4.97. The first-order chi connectivity index (χ1) is 9.29. The molecule has 0 radical (unpaired) electrons. The lowest BCUT2D eigenvalue weighted by atomic mass is 10.2. The van der Waals surface area contributed by atoms with Gasteiger partial charge < -0.3 is 4.74 Å². The lowest BCUT2D eigenvalue weighted by Gasteiger charge is -2.27. The van der Waals surface area contributed by atoms with Gasteiger partial charge in [0.1, 0.15) is 12.4 Å². The van der Waals surface area contributed by atoms with Gasteiger partial charge >= 0.3 is 0 Å². The van der Waals surface area contributed by atoms with E-state index in [9.17, 15) is 0 Å². The van der Waals surface area contributed by atoms with Crippen molar-refractivity contribution < 1.29 is 4.74 Å². The van der Waals surface area contributed by atoms with E-state index in [1.165, 1.54) is 25.7 Å². The van der Waals surface area contributed by atoms with Crippen LogP contribution in [0.5, 0.6) is 5.75 Å². The van der Waals surface area contributed by atoms with Crippen LogP contribution in [0.2, 0.25) is 0 Å². The monoisotopic (exact) mass is 345 g/mol. The van der Waals surface area contributed by atoms with E-state index in [1.54, 1.807) is 0 Å². The smallest absolute Gasteiger partial charge is 0.120 e. The second-order valence-corrected chi connectivity index (χ2v) is 6.26. The molecule has 1 aromatic rings. The van der Waals surface area contributed by atoms with Gasteiger partial charge in [0.05, 0.1) is 0 Å². The highest BCUT2D eigenvalue weighted by molar-refractivity contribution is 9.10. The molecule has 0 spiro atoms. The summed E-state index contributed by atoms with van der Waals surface area (Å²) in [6, 6.07) is 8.70. The number of halogens is 2. The molecule has 1 saturated carbocycles. The number of ether oxygens (including phenoxy) is 1. The summed E-state index contributed by atoms with van der Waals surface area (Å²) >= 11 is 9.36. The van der Waals surface area contributed by atoms with Gasteiger partial charge in [-0.25, -0.2) is 0 Å². The Balaban J connectivity index is 1.78. The second kappa shape index (κ2) is 8.13. The molecule has 1 aromatic carbocycles. The van der Waals surface area contributed by atoms with Crippen LogP contribution in [0.25, 0.3) is 0 Å². The summed E-state index contributed by atoms with van der Waals surface area (Å²) in [6.07, 6.45) is 5.34. The van der Waals surface area contributed by atoms with Crippen molar-refractivity contribution in [1.82, 2.24) is 4.90 Å². The first-order valence-corrected chi connectivity index (χ1v) is 8.31. The van der Waals surface area contributed by atoms with Gasteiger partial charge in [-0.05, 0) is 31.0 Å².